The molecule has 2 N–H and O–H groups in total. The first-order valence-corrected chi connectivity index (χ1v) is 8.98. The molecule has 146 valence electrons. The number of carbonyl (C=O) groups is 1. The fourth-order valence-electron chi connectivity index (χ4n) is 2.54. The molecule has 0 atom stereocenters. The van der Waals surface area contributed by atoms with Gasteiger partial charge in [0.2, 0.25) is 17.5 Å². The lowest BCUT2D eigenvalue weighted by Crippen LogP contribution is -2.10. The van der Waals surface area contributed by atoms with E-state index in [0.29, 0.717) is 36.3 Å². The summed E-state index contributed by atoms with van der Waals surface area (Å²) in [7, 11) is 1.55. The third-order valence-corrected chi connectivity index (χ3v) is 4.03. The highest BCUT2D eigenvalue weighted by Gasteiger charge is 2.21. The van der Waals surface area contributed by atoms with Crippen LogP contribution in [-0.4, -0.2) is 45.8 Å². The summed E-state index contributed by atoms with van der Waals surface area (Å²) in [5.74, 6) is 1.59. The Hall–Kier alpha value is -3.26. The molecule has 2 aromatic heterocycles. The molecule has 0 aliphatic heterocycles. The summed E-state index contributed by atoms with van der Waals surface area (Å²) >= 11 is 0. The quantitative estimate of drug-likeness (QED) is 0.598. The molecule has 0 fully saturated rings. The number of hydrogen-bond acceptors (Lipinski definition) is 7. The lowest BCUT2D eigenvalue weighted by atomic mass is 10.1. The Balaban J connectivity index is 2.03. The average molecular weight is 381 g/mol. The van der Waals surface area contributed by atoms with E-state index in [1.54, 1.807) is 24.1 Å². The first kappa shape index (κ1) is 19.5. The molecule has 3 rings (SSSR count). The zero-order valence-corrected chi connectivity index (χ0v) is 16.1. The Morgan fingerprint density at radius 3 is 2.50 bits per heavy atom. The molecule has 0 unspecified atom stereocenters. The Morgan fingerprint density at radius 2 is 1.93 bits per heavy atom. The van der Waals surface area contributed by atoms with Crippen molar-refractivity contribution < 1.29 is 14.3 Å². The second-order valence-electron chi connectivity index (χ2n) is 6.41. The maximum absolute atomic E-state index is 12.4. The van der Waals surface area contributed by atoms with E-state index in [1.807, 2.05) is 44.2 Å². The summed E-state index contributed by atoms with van der Waals surface area (Å²) in [6, 6.07) is 10.9. The van der Waals surface area contributed by atoms with E-state index in [1.165, 1.54) is 0 Å². The van der Waals surface area contributed by atoms with Crippen molar-refractivity contribution in [3.05, 3.63) is 48.4 Å². The lowest BCUT2D eigenvalue weighted by Gasteiger charge is -2.08. The first-order valence-electron chi connectivity index (χ1n) is 8.98. The number of nitrogens with two attached hydrogens (primary N) is 1. The number of nitrogens with zero attached hydrogens (tertiary/aromatic N) is 4. The largest absolute Gasteiger partial charge is 0.492 e. The molecule has 0 spiro atoms. The molecule has 3 aromatic rings. The van der Waals surface area contributed by atoms with Crippen molar-refractivity contribution in [1.82, 2.24) is 19.7 Å². The van der Waals surface area contributed by atoms with Crippen molar-refractivity contribution in [3.8, 4) is 28.7 Å². The zero-order valence-electron chi connectivity index (χ0n) is 16.1. The Kier molecular flexibility index (Phi) is 6.00. The number of ether oxygens (including phenoxy) is 2. The standard InChI is InChI=1S/C20H23N5O3/c1-13(2)18(26)19-23-20(14-4-7-16(8-5-14)28-11-10-21)25(24-19)15-6-9-17(27-3)22-12-15/h4-9,12-13H,10-11,21H2,1-3H3. The summed E-state index contributed by atoms with van der Waals surface area (Å²) in [6.45, 7) is 4.53. The molecule has 0 radical (unpaired) electrons. The van der Waals surface area contributed by atoms with E-state index in [-0.39, 0.29) is 17.5 Å². The topological polar surface area (TPSA) is 105 Å². The van der Waals surface area contributed by atoms with Crippen LogP contribution in [0.4, 0.5) is 0 Å². The second-order valence-corrected chi connectivity index (χ2v) is 6.41. The molecule has 0 saturated carbocycles. The van der Waals surface area contributed by atoms with Crippen LogP contribution in [0.2, 0.25) is 0 Å². The Bertz CT molecular complexity index is 933. The fourth-order valence-corrected chi connectivity index (χ4v) is 2.54. The molecule has 0 saturated heterocycles. The van der Waals surface area contributed by atoms with Crippen LogP contribution in [0.25, 0.3) is 17.1 Å². The van der Waals surface area contributed by atoms with Crippen LogP contribution in [0.15, 0.2) is 42.6 Å². The first-order chi connectivity index (χ1) is 13.5. The number of aromatic nitrogens is 4. The van der Waals surface area contributed by atoms with E-state index < -0.39 is 0 Å². The number of methoxy groups -OCH3 is 1. The van der Waals surface area contributed by atoms with Crippen molar-refractivity contribution in [2.24, 2.45) is 11.7 Å². The average Bonchev–Trinajstić information content (AvgIpc) is 3.17. The Morgan fingerprint density at radius 1 is 1.18 bits per heavy atom. The molecule has 0 aliphatic rings. The summed E-state index contributed by atoms with van der Waals surface area (Å²) in [6.07, 6.45) is 1.62. The van der Waals surface area contributed by atoms with E-state index in [9.17, 15) is 4.79 Å². The highest BCUT2D eigenvalue weighted by atomic mass is 16.5. The molecule has 0 amide bonds. The van der Waals surface area contributed by atoms with Gasteiger partial charge in [0.1, 0.15) is 12.4 Å². The van der Waals surface area contributed by atoms with Gasteiger partial charge in [0.05, 0.1) is 19.0 Å². The lowest BCUT2D eigenvalue weighted by molar-refractivity contribution is 0.0929. The van der Waals surface area contributed by atoms with Gasteiger partial charge >= 0.3 is 0 Å². The van der Waals surface area contributed by atoms with Gasteiger partial charge in [-0.05, 0) is 30.3 Å². The fraction of sp³-hybridized carbons (Fsp3) is 0.300. The zero-order chi connectivity index (χ0) is 20.1. The molecule has 8 nitrogen and oxygen atoms in total. The van der Waals surface area contributed by atoms with Gasteiger partial charge in [0, 0.05) is 24.1 Å². The minimum atomic E-state index is -0.204. The van der Waals surface area contributed by atoms with Crippen molar-refractivity contribution in [1.29, 1.82) is 0 Å². The molecule has 8 heteroatoms. The van der Waals surface area contributed by atoms with Crippen LogP contribution < -0.4 is 15.2 Å². The number of hydrogen-bond donors (Lipinski definition) is 1. The maximum atomic E-state index is 12.4. The van der Waals surface area contributed by atoms with Crippen LogP contribution in [0, 0.1) is 5.92 Å². The van der Waals surface area contributed by atoms with Gasteiger partial charge < -0.3 is 15.2 Å². The van der Waals surface area contributed by atoms with E-state index >= 15 is 0 Å². The van der Waals surface area contributed by atoms with Gasteiger partial charge in [-0.1, -0.05) is 13.8 Å². The monoisotopic (exact) mass is 381 g/mol. The van der Waals surface area contributed by atoms with E-state index in [0.717, 1.165) is 5.56 Å². The predicted molar refractivity (Wildman–Crippen MR) is 105 cm³/mol. The predicted octanol–water partition coefficient (Wildman–Crippen LogP) is 2.51. The van der Waals surface area contributed by atoms with Crippen LogP contribution in [0.1, 0.15) is 24.5 Å². The second kappa shape index (κ2) is 8.62. The van der Waals surface area contributed by atoms with Crippen LogP contribution in [0.5, 0.6) is 11.6 Å². The van der Waals surface area contributed by atoms with Crippen molar-refractivity contribution in [2.45, 2.75) is 13.8 Å². The normalized spacial score (nSPS) is 10.9. The molecule has 2 heterocycles. The maximum Gasteiger partial charge on any atom is 0.218 e. The highest BCUT2D eigenvalue weighted by Crippen LogP contribution is 2.25. The summed E-state index contributed by atoms with van der Waals surface area (Å²) in [4.78, 5) is 21.2. The molecule has 0 aliphatic carbocycles. The third-order valence-electron chi connectivity index (χ3n) is 4.03. The highest BCUT2D eigenvalue weighted by molar-refractivity contribution is 5.94. The van der Waals surface area contributed by atoms with Crippen molar-refractivity contribution in [2.75, 3.05) is 20.3 Å². The molecular formula is C20H23N5O3. The minimum absolute atomic E-state index is 0.121. The Labute approximate surface area is 163 Å². The van der Waals surface area contributed by atoms with E-state index in [4.69, 9.17) is 15.2 Å². The van der Waals surface area contributed by atoms with Crippen LogP contribution in [-0.2, 0) is 0 Å². The van der Waals surface area contributed by atoms with E-state index in [2.05, 4.69) is 15.1 Å². The van der Waals surface area contributed by atoms with Gasteiger partial charge in [-0.15, -0.1) is 5.10 Å². The number of ketones is 1. The summed E-state index contributed by atoms with van der Waals surface area (Å²) in [5, 5.41) is 4.43. The summed E-state index contributed by atoms with van der Waals surface area (Å²) in [5.41, 5.74) is 6.94. The summed E-state index contributed by atoms with van der Waals surface area (Å²) < 4.78 is 12.2. The smallest absolute Gasteiger partial charge is 0.218 e. The van der Waals surface area contributed by atoms with Crippen LogP contribution >= 0.6 is 0 Å². The van der Waals surface area contributed by atoms with Gasteiger partial charge in [-0.25, -0.2) is 14.6 Å². The molecule has 1 aromatic carbocycles. The molecule has 0 bridgehead atoms. The van der Waals surface area contributed by atoms with Gasteiger partial charge in [-0.3, -0.25) is 4.79 Å². The van der Waals surface area contributed by atoms with Gasteiger partial charge in [-0.2, -0.15) is 0 Å². The SMILES string of the molecule is COc1ccc(-n2nc(C(=O)C(C)C)nc2-c2ccc(OCCN)cc2)cn1. The number of carbonyl (C=O) groups excluding carboxylic acids is 1. The van der Waals surface area contributed by atoms with Gasteiger partial charge in [0.15, 0.2) is 5.82 Å². The third kappa shape index (κ3) is 4.17. The number of Topliss-reactive ketones (excluding diaryl/α,β-unsaturated/α-hetero) is 1. The number of rotatable bonds is 8. The minimum Gasteiger partial charge on any atom is -0.492 e. The van der Waals surface area contributed by atoms with Gasteiger partial charge in [0.25, 0.3) is 0 Å². The molecule has 28 heavy (non-hydrogen) atoms. The number of benzene rings is 1. The van der Waals surface area contributed by atoms with Crippen molar-refractivity contribution >= 4 is 5.78 Å². The van der Waals surface area contributed by atoms with Crippen molar-refractivity contribution in [3.63, 3.8) is 0 Å². The number of pyridine rings is 1. The molecular weight excluding hydrogens is 358 g/mol. The van der Waals surface area contributed by atoms with Crippen LogP contribution in [0.3, 0.4) is 0 Å².